The third-order valence-electron chi connectivity index (χ3n) is 2.56. The molecule has 5 nitrogen and oxygen atoms in total. The smallest absolute Gasteiger partial charge is 0.335 e. The van der Waals surface area contributed by atoms with Crippen LogP contribution in [0.1, 0.15) is 5.56 Å². The molecule has 2 atom stereocenters. The number of methoxy groups -OCH3 is 1. The van der Waals surface area contributed by atoms with Crippen LogP contribution >= 0.6 is 0 Å². The fourth-order valence-electron chi connectivity index (χ4n) is 1.68. The van der Waals surface area contributed by atoms with Gasteiger partial charge in [-0.25, -0.2) is 4.79 Å². The number of ether oxygens (including phenoxy) is 3. The van der Waals surface area contributed by atoms with E-state index < -0.39 is 18.4 Å². The molecule has 1 saturated heterocycles. The number of hydrogen-bond donors (Lipinski definition) is 1. The number of hydrogen-bond acceptors (Lipinski definition) is 4. The minimum atomic E-state index is -0.988. The highest BCUT2D eigenvalue weighted by Crippen LogP contribution is 2.19. The standard InChI is InChI=1S/C12H14O5/c1-15-9-4-2-3-8(5-9)6-11-16-7-10(17-11)12(13)14/h2-5,10-11H,6-7H2,1H3,(H,13,14). The topological polar surface area (TPSA) is 65.0 Å². The van der Waals surface area contributed by atoms with Gasteiger partial charge in [-0.3, -0.25) is 0 Å². The molecule has 0 aliphatic carbocycles. The van der Waals surface area contributed by atoms with Gasteiger partial charge in [0.2, 0.25) is 0 Å². The molecule has 2 unspecified atom stereocenters. The van der Waals surface area contributed by atoms with E-state index in [-0.39, 0.29) is 6.61 Å². The SMILES string of the molecule is COc1cccc(CC2OCC(C(=O)O)O2)c1. The van der Waals surface area contributed by atoms with Gasteiger partial charge in [0.05, 0.1) is 13.7 Å². The highest BCUT2D eigenvalue weighted by atomic mass is 16.7. The molecule has 0 aromatic heterocycles. The summed E-state index contributed by atoms with van der Waals surface area (Å²) in [5.74, 6) is -0.228. The zero-order valence-corrected chi connectivity index (χ0v) is 9.46. The molecule has 0 saturated carbocycles. The summed E-state index contributed by atoms with van der Waals surface area (Å²) in [6.45, 7) is 0.101. The number of carboxylic acids is 1. The average Bonchev–Trinajstić information content (AvgIpc) is 2.78. The maximum atomic E-state index is 10.7. The maximum Gasteiger partial charge on any atom is 0.335 e. The Labute approximate surface area is 98.9 Å². The van der Waals surface area contributed by atoms with Gasteiger partial charge in [0, 0.05) is 6.42 Å². The lowest BCUT2D eigenvalue weighted by Crippen LogP contribution is -2.23. The second kappa shape index (κ2) is 5.16. The van der Waals surface area contributed by atoms with Gasteiger partial charge in [-0.2, -0.15) is 0 Å². The van der Waals surface area contributed by atoms with Crippen LogP contribution in [0.15, 0.2) is 24.3 Å². The van der Waals surface area contributed by atoms with Gasteiger partial charge in [-0.1, -0.05) is 12.1 Å². The molecule has 2 rings (SSSR count). The van der Waals surface area contributed by atoms with Gasteiger partial charge in [-0.15, -0.1) is 0 Å². The van der Waals surface area contributed by atoms with Gasteiger partial charge in [0.1, 0.15) is 5.75 Å². The molecule has 1 fully saturated rings. The summed E-state index contributed by atoms with van der Waals surface area (Å²) >= 11 is 0. The Bertz CT molecular complexity index is 404. The molecule has 1 heterocycles. The highest BCUT2D eigenvalue weighted by Gasteiger charge is 2.31. The minimum Gasteiger partial charge on any atom is -0.497 e. The van der Waals surface area contributed by atoms with Gasteiger partial charge in [0.15, 0.2) is 12.4 Å². The second-order valence-corrected chi connectivity index (χ2v) is 3.78. The van der Waals surface area contributed by atoms with E-state index in [1.807, 2.05) is 24.3 Å². The lowest BCUT2D eigenvalue weighted by atomic mass is 10.1. The molecule has 1 aromatic carbocycles. The van der Waals surface area contributed by atoms with Crippen molar-refractivity contribution < 1.29 is 24.1 Å². The molecule has 17 heavy (non-hydrogen) atoms. The molecule has 1 aliphatic rings. The van der Waals surface area contributed by atoms with Crippen molar-refractivity contribution in [1.29, 1.82) is 0 Å². The Balaban J connectivity index is 1.95. The van der Waals surface area contributed by atoms with E-state index in [1.165, 1.54) is 0 Å². The Hall–Kier alpha value is -1.59. The number of benzene rings is 1. The van der Waals surface area contributed by atoms with E-state index in [2.05, 4.69) is 0 Å². The third kappa shape index (κ3) is 2.95. The van der Waals surface area contributed by atoms with E-state index in [0.717, 1.165) is 11.3 Å². The summed E-state index contributed by atoms with van der Waals surface area (Å²) in [5.41, 5.74) is 0.986. The predicted molar refractivity (Wildman–Crippen MR) is 58.9 cm³/mol. The molecule has 0 bridgehead atoms. The summed E-state index contributed by atoms with van der Waals surface area (Å²) in [5, 5.41) is 8.75. The Morgan fingerprint density at radius 1 is 1.59 bits per heavy atom. The average molecular weight is 238 g/mol. The second-order valence-electron chi connectivity index (χ2n) is 3.78. The predicted octanol–water partition coefficient (Wildman–Crippen LogP) is 1.06. The van der Waals surface area contributed by atoms with Crippen LogP contribution in [-0.4, -0.2) is 37.2 Å². The van der Waals surface area contributed by atoms with E-state index in [4.69, 9.17) is 19.3 Å². The van der Waals surface area contributed by atoms with Crippen molar-refractivity contribution in [2.24, 2.45) is 0 Å². The summed E-state index contributed by atoms with van der Waals surface area (Å²) < 4.78 is 15.6. The van der Waals surface area contributed by atoms with Crippen LogP contribution in [-0.2, 0) is 20.7 Å². The molecule has 0 radical (unpaired) electrons. The maximum absolute atomic E-state index is 10.7. The molecular formula is C12H14O5. The largest absolute Gasteiger partial charge is 0.497 e. The molecular weight excluding hydrogens is 224 g/mol. The molecule has 5 heteroatoms. The Morgan fingerprint density at radius 3 is 3.06 bits per heavy atom. The Kier molecular flexibility index (Phi) is 3.61. The number of rotatable bonds is 4. The van der Waals surface area contributed by atoms with Crippen molar-refractivity contribution in [3.05, 3.63) is 29.8 Å². The first-order chi connectivity index (χ1) is 8.19. The van der Waals surface area contributed by atoms with Crippen molar-refractivity contribution in [2.75, 3.05) is 13.7 Å². The van der Waals surface area contributed by atoms with E-state index >= 15 is 0 Å². The normalized spacial score (nSPS) is 23.6. The third-order valence-corrected chi connectivity index (χ3v) is 2.56. The first-order valence-corrected chi connectivity index (χ1v) is 5.32. The van der Waals surface area contributed by atoms with Crippen LogP contribution in [0.2, 0.25) is 0 Å². The molecule has 1 aliphatic heterocycles. The zero-order chi connectivity index (χ0) is 12.3. The molecule has 0 spiro atoms. The van der Waals surface area contributed by atoms with Crippen molar-refractivity contribution in [1.82, 2.24) is 0 Å². The summed E-state index contributed by atoms with van der Waals surface area (Å²) in [6, 6.07) is 7.52. The van der Waals surface area contributed by atoms with Gasteiger partial charge < -0.3 is 19.3 Å². The van der Waals surface area contributed by atoms with Gasteiger partial charge in [0.25, 0.3) is 0 Å². The highest BCUT2D eigenvalue weighted by molar-refractivity contribution is 5.72. The van der Waals surface area contributed by atoms with Crippen molar-refractivity contribution in [3.8, 4) is 5.75 Å². The van der Waals surface area contributed by atoms with Crippen LogP contribution in [0.25, 0.3) is 0 Å². The first-order valence-electron chi connectivity index (χ1n) is 5.32. The fraction of sp³-hybridized carbons (Fsp3) is 0.417. The van der Waals surface area contributed by atoms with Crippen LogP contribution in [0.4, 0.5) is 0 Å². The van der Waals surface area contributed by atoms with Crippen LogP contribution in [0, 0.1) is 0 Å². The van der Waals surface area contributed by atoms with Crippen LogP contribution < -0.4 is 4.74 Å². The zero-order valence-electron chi connectivity index (χ0n) is 9.46. The van der Waals surface area contributed by atoms with Crippen molar-refractivity contribution in [3.63, 3.8) is 0 Å². The van der Waals surface area contributed by atoms with Crippen LogP contribution in [0.3, 0.4) is 0 Å². The van der Waals surface area contributed by atoms with Crippen molar-refractivity contribution >= 4 is 5.97 Å². The molecule has 1 aromatic rings. The van der Waals surface area contributed by atoms with Crippen LogP contribution in [0.5, 0.6) is 5.75 Å². The summed E-state index contributed by atoms with van der Waals surface area (Å²) in [6.07, 6.45) is -0.838. The quantitative estimate of drug-likeness (QED) is 0.849. The lowest BCUT2D eigenvalue weighted by Gasteiger charge is -2.10. The van der Waals surface area contributed by atoms with Crippen molar-refractivity contribution in [2.45, 2.75) is 18.8 Å². The summed E-state index contributed by atoms with van der Waals surface area (Å²) in [4.78, 5) is 10.7. The van der Waals surface area contributed by atoms with Gasteiger partial charge in [-0.05, 0) is 17.7 Å². The van der Waals surface area contributed by atoms with E-state index in [9.17, 15) is 4.79 Å². The fourth-order valence-corrected chi connectivity index (χ4v) is 1.68. The molecule has 1 N–H and O–H groups in total. The summed E-state index contributed by atoms with van der Waals surface area (Å²) in [7, 11) is 1.60. The van der Waals surface area contributed by atoms with E-state index in [0.29, 0.717) is 6.42 Å². The molecule has 92 valence electrons. The number of carboxylic acid groups (broad SMARTS) is 1. The van der Waals surface area contributed by atoms with Gasteiger partial charge >= 0.3 is 5.97 Å². The van der Waals surface area contributed by atoms with E-state index in [1.54, 1.807) is 7.11 Å². The number of aliphatic carboxylic acids is 1. The molecule has 0 amide bonds. The Morgan fingerprint density at radius 2 is 2.41 bits per heavy atom. The number of carbonyl (C=O) groups is 1. The monoisotopic (exact) mass is 238 g/mol. The lowest BCUT2D eigenvalue weighted by molar-refractivity contribution is -0.150. The first kappa shape index (κ1) is 11.9. The minimum absolute atomic E-state index is 0.101.